The minimum absolute atomic E-state index is 0.221. The second-order valence-corrected chi connectivity index (χ2v) is 8.82. The Morgan fingerprint density at radius 3 is 2.40 bits per heavy atom. The Balaban J connectivity index is 1.49. The van der Waals surface area contributed by atoms with E-state index < -0.39 is 11.7 Å². The van der Waals surface area contributed by atoms with E-state index in [2.05, 4.69) is 42.4 Å². The predicted molar refractivity (Wildman–Crippen MR) is 137 cm³/mol. The smallest absolute Gasteiger partial charge is 0.294 e. The first kappa shape index (κ1) is 24.4. The number of halogens is 1. The number of rotatable bonds is 7. The highest BCUT2D eigenvalue weighted by Crippen LogP contribution is 2.27. The molecule has 1 fully saturated rings. The lowest BCUT2D eigenvalue weighted by molar-refractivity contribution is -0.124. The molecule has 1 saturated heterocycles. The van der Waals surface area contributed by atoms with Crippen molar-refractivity contribution in [3.8, 4) is 0 Å². The van der Waals surface area contributed by atoms with Crippen LogP contribution in [0, 0.1) is 0 Å². The van der Waals surface area contributed by atoms with Gasteiger partial charge in [-0.3, -0.25) is 9.59 Å². The summed E-state index contributed by atoms with van der Waals surface area (Å²) in [5, 5.41) is 6.45. The van der Waals surface area contributed by atoms with Gasteiger partial charge in [-0.15, -0.1) is 0 Å². The largest absolute Gasteiger partial charge is 0.354 e. The predicted octanol–water partition coefficient (Wildman–Crippen LogP) is 3.03. The monoisotopic (exact) mass is 494 g/mol. The molecule has 182 valence electrons. The Kier molecular flexibility index (Phi) is 7.42. The second-order valence-electron chi connectivity index (χ2n) is 8.41. The molecule has 0 saturated carbocycles. The van der Waals surface area contributed by atoms with Crippen LogP contribution in [0.15, 0.2) is 48.8 Å². The third-order valence-corrected chi connectivity index (χ3v) is 5.88. The summed E-state index contributed by atoms with van der Waals surface area (Å²) in [7, 11) is 5.18. The highest BCUT2D eigenvalue weighted by atomic mass is 35.5. The van der Waals surface area contributed by atoms with Gasteiger partial charge in [0.15, 0.2) is 5.82 Å². The Hall–Kier alpha value is -3.76. The van der Waals surface area contributed by atoms with Crippen LogP contribution in [0.25, 0.3) is 0 Å². The molecule has 1 amide bonds. The average molecular weight is 495 g/mol. The van der Waals surface area contributed by atoms with E-state index in [0.29, 0.717) is 17.5 Å². The maximum Gasteiger partial charge on any atom is 0.294 e. The summed E-state index contributed by atoms with van der Waals surface area (Å²) in [5.74, 6) is 0.274. The van der Waals surface area contributed by atoms with Crippen molar-refractivity contribution < 1.29 is 9.59 Å². The molecule has 2 aromatic heterocycles. The number of nitrogens with one attached hydrogen (secondary N) is 2. The van der Waals surface area contributed by atoms with E-state index in [1.165, 1.54) is 25.2 Å². The van der Waals surface area contributed by atoms with Crippen LogP contribution in [0.2, 0.25) is 5.02 Å². The Morgan fingerprint density at radius 1 is 0.971 bits per heavy atom. The van der Waals surface area contributed by atoms with Gasteiger partial charge in [0.25, 0.3) is 11.7 Å². The number of anilines is 5. The maximum absolute atomic E-state index is 12.6. The molecule has 11 heteroatoms. The van der Waals surface area contributed by atoms with E-state index in [-0.39, 0.29) is 10.6 Å². The van der Waals surface area contributed by atoms with Crippen molar-refractivity contribution >= 4 is 52.3 Å². The molecule has 0 radical (unpaired) electrons. The van der Waals surface area contributed by atoms with Crippen LogP contribution in [-0.2, 0) is 4.79 Å². The molecule has 3 aromatic rings. The van der Waals surface area contributed by atoms with Gasteiger partial charge < -0.3 is 25.3 Å². The molecule has 0 unspecified atom stereocenters. The van der Waals surface area contributed by atoms with E-state index in [0.717, 1.165) is 37.7 Å². The topological polar surface area (TPSA) is 107 Å². The van der Waals surface area contributed by atoms with Crippen molar-refractivity contribution in [2.24, 2.45) is 0 Å². The van der Waals surface area contributed by atoms with Gasteiger partial charge >= 0.3 is 0 Å². The van der Waals surface area contributed by atoms with Crippen LogP contribution in [0.4, 0.5) is 29.0 Å². The third-order valence-electron chi connectivity index (χ3n) is 5.60. The van der Waals surface area contributed by atoms with Gasteiger partial charge in [-0.2, -0.15) is 4.98 Å². The number of carbonyl (C=O) groups is 2. The molecular weight excluding hydrogens is 468 g/mol. The Morgan fingerprint density at radius 2 is 1.71 bits per heavy atom. The van der Waals surface area contributed by atoms with Gasteiger partial charge in [-0.1, -0.05) is 23.7 Å². The van der Waals surface area contributed by atoms with Crippen molar-refractivity contribution in [3.63, 3.8) is 0 Å². The highest BCUT2D eigenvalue weighted by Gasteiger charge is 2.22. The van der Waals surface area contributed by atoms with E-state index in [9.17, 15) is 9.59 Å². The zero-order chi connectivity index (χ0) is 24.9. The summed E-state index contributed by atoms with van der Waals surface area (Å²) < 4.78 is 0. The fraction of sp³-hybridized carbons (Fsp3) is 0.292. The summed E-state index contributed by atoms with van der Waals surface area (Å²) in [4.78, 5) is 43.9. The van der Waals surface area contributed by atoms with Crippen LogP contribution in [0.5, 0.6) is 0 Å². The Bertz CT molecular complexity index is 1210. The van der Waals surface area contributed by atoms with Crippen molar-refractivity contribution in [3.05, 3.63) is 59.4 Å². The highest BCUT2D eigenvalue weighted by molar-refractivity contribution is 6.43. The van der Waals surface area contributed by atoms with Gasteiger partial charge in [-0.05, 0) is 31.3 Å². The van der Waals surface area contributed by atoms with E-state index in [1.807, 2.05) is 12.1 Å². The first-order valence-corrected chi connectivity index (χ1v) is 11.5. The molecule has 3 heterocycles. The Labute approximate surface area is 208 Å². The summed E-state index contributed by atoms with van der Waals surface area (Å²) in [5.41, 5.74) is 1.36. The van der Waals surface area contributed by atoms with Crippen LogP contribution >= 0.6 is 11.6 Å². The van der Waals surface area contributed by atoms with E-state index in [1.54, 1.807) is 30.5 Å². The van der Waals surface area contributed by atoms with Gasteiger partial charge in [-0.25, -0.2) is 9.97 Å². The van der Waals surface area contributed by atoms with E-state index >= 15 is 0 Å². The number of hydrogen-bond donors (Lipinski definition) is 2. The minimum atomic E-state index is -0.631. The van der Waals surface area contributed by atoms with Gasteiger partial charge in [0.2, 0.25) is 5.95 Å². The van der Waals surface area contributed by atoms with E-state index in [4.69, 9.17) is 11.6 Å². The molecule has 35 heavy (non-hydrogen) atoms. The van der Waals surface area contributed by atoms with Crippen molar-refractivity contribution in [1.29, 1.82) is 0 Å². The van der Waals surface area contributed by atoms with Crippen molar-refractivity contribution in [2.75, 3.05) is 62.9 Å². The summed E-state index contributed by atoms with van der Waals surface area (Å²) in [6.45, 7) is 3.90. The number of piperazine rings is 1. The van der Waals surface area contributed by atoms with Gasteiger partial charge in [0, 0.05) is 40.3 Å². The average Bonchev–Trinajstić information content (AvgIpc) is 2.86. The molecule has 1 aromatic carbocycles. The number of nitrogens with zero attached hydrogens (tertiary/aromatic N) is 6. The van der Waals surface area contributed by atoms with Crippen LogP contribution in [-0.4, -0.2) is 83.8 Å². The number of ketones is 1. The lowest BCUT2D eigenvalue weighted by Gasteiger charge is -2.33. The van der Waals surface area contributed by atoms with Crippen LogP contribution in [0.1, 0.15) is 10.4 Å². The number of Topliss-reactive ketones (excluding diaryl/α,β-unsaturated/α-hetero) is 1. The number of aromatic nitrogens is 3. The molecule has 0 bridgehead atoms. The number of benzene rings is 1. The molecule has 1 aliphatic heterocycles. The first-order valence-electron chi connectivity index (χ1n) is 11.1. The number of para-hydroxylation sites is 1. The number of hydrogen-bond acceptors (Lipinski definition) is 9. The molecule has 10 nitrogen and oxygen atoms in total. The lowest BCUT2D eigenvalue weighted by Crippen LogP contribution is -2.44. The number of carbonyl (C=O) groups excluding carboxylic acids is 2. The minimum Gasteiger partial charge on any atom is -0.354 e. The fourth-order valence-corrected chi connectivity index (χ4v) is 3.70. The maximum atomic E-state index is 12.6. The van der Waals surface area contributed by atoms with Crippen LogP contribution < -0.4 is 15.5 Å². The standard InChI is InChI=1S/C24H27ClN8O2/c1-31(2)23(35)21(34)17-6-4-5-7-19(17)29-22-18(25)15-27-24(30-22)28-16-8-9-20(26-14-16)33-12-10-32(3)11-13-33/h4-9,14-15H,10-13H2,1-3H3,(H2,27,28,29,30). The van der Waals surface area contributed by atoms with Gasteiger partial charge in [0.05, 0.1) is 29.3 Å². The molecule has 1 aliphatic rings. The number of amides is 1. The third kappa shape index (κ3) is 5.84. The van der Waals surface area contributed by atoms with Crippen molar-refractivity contribution in [2.45, 2.75) is 0 Å². The molecule has 0 atom stereocenters. The fourth-order valence-electron chi connectivity index (χ4n) is 3.56. The quantitative estimate of drug-likeness (QED) is 0.378. The van der Waals surface area contributed by atoms with Gasteiger partial charge in [0.1, 0.15) is 10.8 Å². The summed E-state index contributed by atoms with van der Waals surface area (Å²) in [6.07, 6.45) is 3.19. The molecule has 0 aliphatic carbocycles. The van der Waals surface area contributed by atoms with Crippen molar-refractivity contribution in [1.82, 2.24) is 24.8 Å². The molecule has 4 rings (SSSR count). The summed E-state index contributed by atoms with van der Waals surface area (Å²) >= 11 is 6.31. The number of pyridine rings is 1. The van der Waals surface area contributed by atoms with Crippen LogP contribution in [0.3, 0.4) is 0 Å². The first-order chi connectivity index (χ1) is 16.8. The molecule has 2 N–H and O–H groups in total. The SMILES string of the molecule is CN1CCN(c2ccc(Nc3ncc(Cl)c(Nc4ccccc4C(=O)C(=O)N(C)C)n3)cn2)CC1. The zero-order valence-corrected chi connectivity index (χ0v) is 20.6. The number of likely N-dealkylation sites (N-methyl/N-ethyl adjacent to an activating group) is 2. The second kappa shape index (κ2) is 10.7. The molecular formula is C24H27ClN8O2. The normalized spacial score (nSPS) is 13.9. The lowest BCUT2D eigenvalue weighted by atomic mass is 10.1. The zero-order valence-electron chi connectivity index (χ0n) is 19.8. The summed E-state index contributed by atoms with van der Waals surface area (Å²) in [6, 6.07) is 10.6. The molecule has 0 spiro atoms.